The van der Waals surface area contributed by atoms with Gasteiger partial charge in [-0.05, 0) is 12.1 Å². The molecule has 2 N–H and O–H groups in total. The van der Waals surface area contributed by atoms with Crippen molar-refractivity contribution >= 4 is 11.6 Å². The Morgan fingerprint density at radius 2 is 2.17 bits per heavy atom. The lowest BCUT2D eigenvalue weighted by atomic mass is 10.1. The fourth-order valence-electron chi connectivity index (χ4n) is 1.86. The number of ether oxygens (including phenoxy) is 1. The predicted molar refractivity (Wildman–Crippen MR) is 66.9 cm³/mol. The van der Waals surface area contributed by atoms with Gasteiger partial charge in [-0.15, -0.1) is 0 Å². The van der Waals surface area contributed by atoms with Crippen LogP contribution < -0.4 is 10.5 Å². The largest absolute Gasteiger partial charge is 0.488 e. The lowest BCUT2D eigenvalue weighted by Crippen LogP contribution is -2.08. The first-order valence-electron chi connectivity index (χ1n) is 5.82. The van der Waals surface area contributed by atoms with Crippen LogP contribution >= 0.6 is 0 Å². The van der Waals surface area contributed by atoms with E-state index in [9.17, 15) is 0 Å². The molecule has 1 aromatic heterocycles. The Bertz CT molecular complexity index is 589. The average Bonchev–Trinajstić information content (AvgIpc) is 2.87. The number of fused-ring (bicyclic) bond motifs is 1. The van der Waals surface area contributed by atoms with Crippen molar-refractivity contribution in [3.05, 3.63) is 41.5 Å². The van der Waals surface area contributed by atoms with Gasteiger partial charge in [-0.1, -0.05) is 23.4 Å². The highest BCUT2D eigenvalue weighted by Gasteiger charge is 2.16. The van der Waals surface area contributed by atoms with Crippen LogP contribution in [-0.4, -0.2) is 23.3 Å². The second kappa shape index (κ2) is 4.62. The number of nitrogens with two attached hydrogens (primary N) is 1. The van der Waals surface area contributed by atoms with Crippen molar-refractivity contribution in [2.24, 2.45) is 5.73 Å². The Hall–Kier alpha value is -2.14. The number of hydrogen-bond acceptors (Lipinski definition) is 5. The van der Waals surface area contributed by atoms with Gasteiger partial charge >= 0.3 is 0 Å². The van der Waals surface area contributed by atoms with Crippen LogP contribution in [0, 0.1) is 0 Å². The van der Waals surface area contributed by atoms with Gasteiger partial charge in [0.2, 0.25) is 11.7 Å². The predicted octanol–water partition coefficient (Wildman–Crippen LogP) is 1.50. The number of aromatic nitrogens is 2. The molecule has 2 heterocycles. The van der Waals surface area contributed by atoms with Gasteiger partial charge in [0, 0.05) is 24.1 Å². The monoisotopic (exact) mass is 243 g/mol. The molecule has 2 aromatic rings. The molecule has 0 bridgehead atoms. The van der Waals surface area contributed by atoms with E-state index in [1.165, 1.54) is 0 Å². The fourth-order valence-corrected chi connectivity index (χ4v) is 1.86. The number of nitrogens with zero attached hydrogens (tertiary/aromatic N) is 2. The van der Waals surface area contributed by atoms with Gasteiger partial charge in [0.15, 0.2) is 0 Å². The molecule has 0 amide bonds. The van der Waals surface area contributed by atoms with Crippen LogP contribution in [0.15, 0.2) is 28.8 Å². The van der Waals surface area contributed by atoms with Crippen LogP contribution in [0.25, 0.3) is 11.6 Å². The Morgan fingerprint density at radius 1 is 1.28 bits per heavy atom. The van der Waals surface area contributed by atoms with Gasteiger partial charge < -0.3 is 15.0 Å². The van der Waals surface area contributed by atoms with E-state index in [2.05, 4.69) is 10.1 Å². The minimum absolute atomic E-state index is 0.457. The molecule has 1 aliphatic rings. The number of para-hydroxylation sites is 1. The van der Waals surface area contributed by atoms with E-state index in [4.69, 9.17) is 15.0 Å². The van der Waals surface area contributed by atoms with Crippen molar-refractivity contribution in [2.45, 2.75) is 6.42 Å². The number of hydrogen-bond donors (Lipinski definition) is 1. The maximum Gasteiger partial charge on any atom is 0.228 e. The van der Waals surface area contributed by atoms with Crippen molar-refractivity contribution in [3.63, 3.8) is 0 Å². The zero-order chi connectivity index (χ0) is 12.4. The Balaban J connectivity index is 1.91. The zero-order valence-electron chi connectivity index (χ0n) is 9.80. The third kappa shape index (κ3) is 2.00. The number of benzene rings is 1. The normalized spacial score (nSPS) is 13.7. The second-order valence-electron chi connectivity index (χ2n) is 4.05. The summed E-state index contributed by atoms with van der Waals surface area (Å²) < 4.78 is 10.8. The van der Waals surface area contributed by atoms with E-state index in [-0.39, 0.29) is 0 Å². The van der Waals surface area contributed by atoms with Crippen LogP contribution in [0.2, 0.25) is 0 Å². The molecule has 1 aromatic carbocycles. The van der Waals surface area contributed by atoms with Crippen molar-refractivity contribution in [3.8, 4) is 5.75 Å². The summed E-state index contributed by atoms with van der Waals surface area (Å²) >= 11 is 0. The van der Waals surface area contributed by atoms with Gasteiger partial charge in [-0.2, -0.15) is 4.98 Å². The second-order valence-corrected chi connectivity index (χ2v) is 4.05. The highest BCUT2D eigenvalue weighted by atomic mass is 16.5. The average molecular weight is 243 g/mol. The molecule has 0 aliphatic carbocycles. The van der Waals surface area contributed by atoms with E-state index >= 15 is 0 Å². The SMILES string of the molecule is NCCc1nc(C2=Cc3ccccc3OC2)no1. The van der Waals surface area contributed by atoms with Crippen LogP contribution in [0.3, 0.4) is 0 Å². The van der Waals surface area contributed by atoms with Gasteiger partial charge in [0.25, 0.3) is 0 Å². The molecule has 5 heteroatoms. The summed E-state index contributed by atoms with van der Waals surface area (Å²) in [6, 6.07) is 7.86. The van der Waals surface area contributed by atoms with Crippen molar-refractivity contribution in [1.82, 2.24) is 10.1 Å². The molecule has 18 heavy (non-hydrogen) atoms. The van der Waals surface area contributed by atoms with Crippen molar-refractivity contribution < 1.29 is 9.26 Å². The topological polar surface area (TPSA) is 74.2 Å². The lowest BCUT2D eigenvalue weighted by molar-refractivity contribution is 0.359. The van der Waals surface area contributed by atoms with Crippen molar-refractivity contribution in [1.29, 1.82) is 0 Å². The van der Waals surface area contributed by atoms with Gasteiger partial charge in [0.05, 0.1) is 0 Å². The first-order valence-corrected chi connectivity index (χ1v) is 5.82. The Kier molecular flexibility index (Phi) is 2.82. The minimum Gasteiger partial charge on any atom is -0.488 e. The van der Waals surface area contributed by atoms with Crippen LogP contribution in [0.4, 0.5) is 0 Å². The molecule has 0 spiro atoms. The molecule has 3 rings (SSSR count). The molecular formula is C13H13N3O2. The molecule has 0 fully saturated rings. The Labute approximate surface area is 104 Å². The smallest absolute Gasteiger partial charge is 0.228 e. The first kappa shape index (κ1) is 11.0. The number of rotatable bonds is 3. The van der Waals surface area contributed by atoms with Crippen LogP contribution in [0.1, 0.15) is 17.3 Å². The van der Waals surface area contributed by atoms with E-state index in [1.807, 2.05) is 30.3 Å². The van der Waals surface area contributed by atoms with Crippen LogP contribution in [-0.2, 0) is 6.42 Å². The van der Waals surface area contributed by atoms with E-state index in [1.54, 1.807) is 0 Å². The summed E-state index contributed by atoms with van der Waals surface area (Å²) in [5, 5.41) is 3.94. The van der Waals surface area contributed by atoms with Crippen LogP contribution in [0.5, 0.6) is 5.75 Å². The van der Waals surface area contributed by atoms with E-state index < -0.39 is 0 Å². The summed E-state index contributed by atoms with van der Waals surface area (Å²) in [5.74, 6) is 2.02. The summed E-state index contributed by atoms with van der Waals surface area (Å²) in [6.07, 6.45) is 2.62. The zero-order valence-corrected chi connectivity index (χ0v) is 9.80. The molecule has 0 atom stereocenters. The maximum absolute atomic E-state index is 5.65. The highest BCUT2D eigenvalue weighted by molar-refractivity contribution is 5.82. The third-order valence-corrected chi connectivity index (χ3v) is 2.75. The van der Waals surface area contributed by atoms with Crippen molar-refractivity contribution in [2.75, 3.05) is 13.2 Å². The standard InChI is InChI=1S/C13H13N3O2/c14-6-5-12-15-13(16-18-12)10-7-9-3-1-2-4-11(9)17-8-10/h1-4,7H,5-6,8,14H2. The Morgan fingerprint density at radius 3 is 3.06 bits per heavy atom. The van der Waals surface area contributed by atoms with E-state index in [0.29, 0.717) is 31.3 Å². The molecule has 0 unspecified atom stereocenters. The minimum atomic E-state index is 0.457. The molecule has 5 nitrogen and oxygen atoms in total. The quantitative estimate of drug-likeness (QED) is 0.884. The molecule has 0 saturated carbocycles. The molecular weight excluding hydrogens is 230 g/mol. The van der Waals surface area contributed by atoms with Gasteiger partial charge in [-0.3, -0.25) is 0 Å². The van der Waals surface area contributed by atoms with Gasteiger partial charge in [-0.25, -0.2) is 0 Å². The summed E-state index contributed by atoms with van der Waals surface area (Å²) in [5.41, 5.74) is 7.39. The molecule has 0 saturated heterocycles. The third-order valence-electron chi connectivity index (χ3n) is 2.75. The molecule has 0 radical (unpaired) electrons. The van der Waals surface area contributed by atoms with E-state index in [0.717, 1.165) is 16.9 Å². The molecule has 1 aliphatic heterocycles. The summed E-state index contributed by atoms with van der Waals surface area (Å²) in [4.78, 5) is 4.29. The summed E-state index contributed by atoms with van der Waals surface area (Å²) in [7, 11) is 0. The fraction of sp³-hybridized carbons (Fsp3) is 0.231. The lowest BCUT2D eigenvalue weighted by Gasteiger charge is -2.15. The van der Waals surface area contributed by atoms with Gasteiger partial charge in [0.1, 0.15) is 12.4 Å². The first-order chi connectivity index (χ1) is 8.86. The highest BCUT2D eigenvalue weighted by Crippen LogP contribution is 2.28. The maximum atomic E-state index is 5.65. The molecule has 92 valence electrons. The summed E-state index contributed by atoms with van der Waals surface area (Å²) in [6.45, 7) is 0.957.